The van der Waals surface area contributed by atoms with Crippen molar-refractivity contribution >= 4 is 27.7 Å². The van der Waals surface area contributed by atoms with Gasteiger partial charge in [-0.3, -0.25) is 9.59 Å². The average molecular weight is 399 g/mol. The first kappa shape index (κ1) is 17.5. The van der Waals surface area contributed by atoms with E-state index in [0.717, 1.165) is 0 Å². The zero-order valence-electron chi connectivity index (χ0n) is 14.0. The zero-order chi connectivity index (χ0) is 17.3. The minimum atomic E-state index is -0.0380. The number of hydrogen-bond donors (Lipinski definition) is 0. The SMILES string of the molecule is CC1CN(C(=O)C2CCN(C(=O)c3coc(Br)c3)CC2)CC(C)O1. The number of rotatable bonds is 2. The van der Waals surface area contributed by atoms with Gasteiger partial charge in [0.25, 0.3) is 5.91 Å². The summed E-state index contributed by atoms with van der Waals surface area (Å²) in [6.07, 6.45) is 3.05. The van der Waals surface area contributed by atoms with Crippen molar-refractivity contribution in [3.8, 4) is 0 Å². The van der Waals surface area contributed by atoms with E-state index in [4.69, 9.17) is 9.15 Å². The van der Waals surface area contributed by atoms with Gasteiger partial charge < -0.3 is 19.0 Å². The molecular formula is C17H23BrN2O4. The normalized spacial score (nSPS) is 25.8. The summed E-state index contributed by atoms with van der Waals surface area (Å²) >= 11 is 3.21. The maximum Gasteiger partial charge on any atom is 0.257 e. The van der Waals surface area contributed by atoms with Crippen LogP contribution in [-0.2, 0) is 9.53 Å². The molecule has 0 N–H and O–H groups in total. The molecule has 1 aromatic rings. The van der Waals surface area contributed by atoms with Crippen molar-refractivity contribution in [3.63, 3.8) is 0 Å². The summed E-state index contributed by atoms with van der Waals surface area (Å²) in [6, 6.07) is 1.68. The Morgan fingerprint density at radius 1 is 1.12 bits per heavy atom. The second-order valence-electron chi connectivity index (χ2n) is 6.71. The Morgan fingerprint density at radius 3 is 2.29 bits per heavy atom. The van der Waals surface area contributed by atoms with Gasteiger partial charge in [-0.2, -0.15) is 0 Å². The first-order chi connectivity index (χ1) is 11.4. The fourth-order valence-corrected chi connectivity index (χ4v) is 3.89. The lowest BCUT2D eigenvalue weighted by atomic mass is 9.94. The van der Waals surface area contributed by atoms with Gasteiger partial charge in [0.2, 0.25) is 5.91 Å². The molecule has 2 aliphatic rings. The molecule has 0 bridgehead atoms. The van der Waals surface area contributed by atoms with Crippen LogP contribution < -0.4 is 0 Å². The van der Waals surface area contributed by atoms with E-state index in [1.807, 2.05) is 18.7 Å². The third-order valence-corrected chi connectivity index (χ3v) is 5.09. The highest BCUT2D eigenvalue weighted by Gasteiger charge is 2.33. The van der Waals surface area contributed by atoms with Gasteiger partial charge in [-0.1, -0.05) is 0 Å². The third kappa shape index (κ3) is 3.83. The molecule has 132 valence electrons. The fraction of sp³-hybridized carbons (Fsp3) is 0.647. The van der Waals surface area contributed by atoms with Crippen molar-refractivity contribution in [2.75, 3.05) is 26.2 Å². The van der Waals surface area contributed by atoms with E-state index in [0.29, 0.717) is 49.3 Å². The summed E-state index contributed by atoms with van der Waals surface area (Å²) in [5.74, 6) is 0.168. The van der Waals surface area contributed by atoms with Gasteiger partial charge in [-0.15, -0.1) is 0 Å². The lowest BCUT2D eigenvalue weighted by molar-refractivity contribution is -0.148. The monoisotopic (exact) mass is 398 g/mol. The summed E-state index contributed by atoms with van der Waals surface area (Å²) in [5.41, 5.74) is 0.544. The minimum absolute atomic E-state index is 0.00244. The number of carbonyl (C=O) groups is 2. The molecule has 2 amide bonds. The van der Waals surface area contributed by atoms with E-state index in [2.05, 4.69) is 15.9 Å². The van der Waals surface area contributed by atoms with Crippen LogP contribution >= 0.6 is 15.9 Å². The van der Waals surface area contributed by atoms with Crippen LogP contribution in [0.25, 0.3) is 0 Å². The molecule has 1 aromatic heterocycles. The van der Waals surface area contributed by atoms with Crippen LogP contribution in [-0.4, -0.2) is 60.0 Å². The summed E-state index contributed by atoms with van der Waals surface area (Å²) in [4.78, 5) is 28.9. The maximum absolute atomic E-state index is 12.7. The van der Waals surface area contributed by atoms with E-state index in [9.17, 15) is 9.59 Å². The highest BCUT2D eigenvalue weighted by molar-refractivity contribution is 9.10. The quantitative estimate of drug-likeness (QED) is 0.767. The summed E-state index contributed by atoms with van der Waals surface area (Å²) < 4.78 is 11.4. The van der Waals surface area contributed by atoms with E-state index in [-0.39, 0.29) is 29.9 Å². The van der Waals surface area contributed by atoms with Crippen molar-refractivity contribution < 1.29 is 18.7 Å². The predicted octanol–water partition coefficient (Wildman–Crippen LogP) is 2.53. The van der Waals surface area contributed by atoms with Crippen molar-refractivity contribution in [2.45, 2.75) is 38.9 Å². The van der Waals surface area contributed by atoms with Gasteiger partial charge >= 0.3 is 0 Å². The van der Waals surface area contributed by atoms with Crippen LogP contribution in [0, 0.1) is 5.92 Å². The largest absolute Gasteiger partial charge is 0.457 e. The van der Waals surface area contributed by atoms with E-state index in [1.54, 1.807) is 11.0 Å². The number of morpholine rings is 1. The number of piperidine rings is 1. The first-order valence-electron chi connectivity index (χ1n) is 8.41. The second-order valence-corrected chi connectivity index (χ2v) is 7.49. The molecule has 0 aliphatic carbocycles. The van der Waals surface area contributed by atoms with Gasteiger partial charge in [-0.25, -0.2) is 0 Å². The lowest BCUT2D eigenvalue weighted by Gasteiger charge is -2.39. The number of amides is 2. The van der Waals surface area contributed by atoms with Crippen LogP contribution in [0.3, 0.4) is 0 Å². The number of halogens is 1. The number of nitrogens with zero attached hydrogens (tertiary/aromatic N) is 2. The number of furan rings is 1. The van der Waals surface area contributed by atoms with Gasteiger partial charge in [0.15, 0.2) is 4.67 Å². The molecule has 24 heavy (non-hydrogen) atoms. The smallest absolute Gasteiger partial charge is 0.257 e. The van der Waals surface area contributed by atoms with Crippen LogP contribution in [0.4, 0.5) is 0 Å². The topological polar surface area (TPSA) is 63.0 Å². The summed E-state index contributed by atoms with van der Waals surface area (Å²) in [6.45, 7) is 6.53. The molecule has 2 atom stereocenters. The Hall–Kier alpha value is -1.34. The standard InChI is InChI=1S/C17H23BrN2O4/c1-11-8-20(9-12(2)24-11)16(21)13-3-5-19(6-4-13)17(22)14-7-15(18)23-10-14/h7,10-13H,3-6,8-9H2,1-2H3. The molecular weight excluding hydrogens is 376 g/mol. The Balaban J connectivity index is 1.55. The van der Waals surface area contributed by atoms with Crippen LogP contribution in [0.2, 0.25) is 0 Å². The Bertz CT molecular complexity index is 599. The highest BCUT2D eigenvalue weighted by atomic mass is 79.9. The first-order valence-corrected chi connectivity index (χ1v) is 9.21. The number of carbonyl (C=O) groups excluding carboxylic acids is 2. The summed E-state index contributed by atoms with van der Waals surface area (Å²) in [5, 5.41) is 0. The molecule has 0 spiro atoms. The van der Waals surface area contributed by atoms with Crippen molar-refractivity contribution in [1.82, 2.24) is 9.80 Å². The minimum Gasteiger partial charge on any atom is -0.457 e. The van der Waals surface area contributed by atoms with Gasteiger partial charge in [-0.05, 0) is 42.6 Å². The predicted molar refractivity (Wildman–Crippen MR) is 91.6 cm³/mol. The molecule has 2 aliphatic heterocycles. The summed E-state index contributed by atoms with van der Waals surface area (Å²) in [7, 11) is 0. The van der Waals surface area contributed by atoms with E-state index >= 15 is 0 Å². The van der Waals surface area contributed by atoms with Crippen LogP contribution in [0.15, 0.2) is 21.4 Å². The number of ether oxygens (including phenoxy) is 1. The van der Waals surface area contributed by atoms with Crippen molar-refractivity contribution in [1.29, 1.82) is 0 Å². The Morgan fingerprint density at radius 2 is 1.75 bits per heavy atom. The highest BCUT2D eigenvalue weighted by Crippen LogP contribution is 2.24. The maximum atomic E-state index is 12.7. The van der Waals surface area contributed by atoms with Gasteiger partial charge in [0.1, 0.15) is 6.26 Å². The van der Waals surface area contributed by atoms with E-state index < -0.39 is 0 Å². The molecule has 2 fully saturated rings. The van der Waals surface area contributed by atoms with Crippen LogP contribution in [0.5, 0.6) is 0 Å². The Labute approximate surface area is 150 Å². The van der Waals surface area contributed by atoms with Gasteiger partial charge in [0, 0.05) is 38.2 Å². The number of likely N-dealkylation sites (tertiary alicyclic amines) is 1. The molecule has 2 saturated heterocycles. The van der Waals surface area contributed by atoms with E-state index in [1.165, 1.54) is 6.26 Å². The van der Waals surface area contributed by atoms with Crippen LogP contribution in [0.1, 0.15) is 37.0 Å². The average Bonchev–Trinajstić information content (AvgIpc) is 2.99. The third-order valence-electron chi connectivity index (χ3n) is 4.68. The number of hydrogen-bond acceptors (Lipinski definition) is 4. The molecule has 6 nitrogen and oxygen atoms in total. The fourth-order valence-electron chi connectivity index (χ4n) is 3.55. The molecule has 0 aromatic carbocycles. The molecule has 7 heteroatoms. The molecule has 3 rings (SSSR count). The second kappa shape index (κ2) is 7.27. The molecule has 2 unspecified atom stereocenters. The zero-order valence-corrected chi connectivity index (χ0v) is 15.6. The van der Waals surface area contributed by atoms with Crippen molar-refractivity contribution in [2.24, 2.45) is 5.92 Å². The molecule has 0 saturated carbocycles. The lowest BCUT2D eigenvalue weighted by Crippen LogP contribution is -2.51. The Kier molecular flexibility index (Phi) is 5.30. The van der Waals surface area contributed by atoms with Crippen molar-refractivity contribution in [3.05, 3.63) is 22.6 Å². The molecule has 3 heterocycles. The van der Waals surface area contributed by atoms with Gasteiger partial charge in [0.05, 0.1) is 17.8 Å². The molecule has 0 radical (unpaired) electrons.